The van der Waals surface area contributed by atoms with Crippen LogP contribution in [0.3, 0.4) is 0 Å². The number of esters is 1. The first kappa shape index (κ1) is 20.5. The van der Waals surface area contributed by atoms with Crippen LogP contribution in [0, 0.1) is 12.8 Å². The van der Waals surface area contributed by atoms with Crippen LogP contribution in [0.15, 0.2) is 48.5 Å². The Morgan fingerprint density at radius 3 is 2.52 bits per heavy atom. The molecule has 0 saturated carbocycles. The number of hydrazine groups is 1. The molecule has 2 aromatic carbocycles. The van der Waals surface area contributed by atoms with Crippen molar-refractivity contribution in [2.45, 2.75) is 13.3 Å². The fourth-order valence-electron chi connectivity index (χ4n) is 2.88. The van der Waals surface area contributed by atoms with Crippen molar-refractivity contribution in [3.63, 3.8) is 0 Å². The number of ether oxygens (including phenoxy) is 1. The lowest BCUT2D eigenvalue weighted by Gasteiger charge is -2.18. The number of nitrogens with one attached hydrogen (secondary N) is 1. The van der Waals surface area contributed by atoms with Gasteiger partial charge in [-0.2, -0.15) is 0 Å². The van der Waals surface area contributed by atoms with E-state index in [1.807, 2.05) is 6.92 Å². The van der Waals surface area contributed by atoms with Crippen molar-refractivity contribution in [2.75, 3.05) is 13.2 Å². The number of carbonyl (C=O) groups excluding carboxylic acids is 4. The molecule has 7 nitrogen and oxygen atoms in total. The first-order valence-electron chi connectivity index (χ1n) is 8.97. The summed E-state index contributed by atoms with van der Waals surface area (Å²) in [6, 6.07) is 13.3. The van der Waals surface area contributed by atoms with Crippen LogP contribution in [0.5, 0.6) is 0 Å². The molecule has 1 heterocycles. The van der Waals surface area contributed by atoms with E-state index in [0.717, 1.165) is 10.6 Å². The molecule has 0 radical (unpaired) electrons. The number of rotatable bonds is 6. The van der Waals surface area contributed by atoms with Crippen LogP contribution >= 0.6 is 11.6 Å². The normalized spacial score (nSPS) is 15.9. The monoisotopic (exact) mass is 414 g/mol. The Kier molecular flexibility index (Phi) is 6.29. The molecule has 0 bridgehead atoms. The number of halogens is 1. The van der Waals surface area contributed by atoms with Gasteiger partial charge in [0.05, 0.1) is 23.0 Å². The number of amides is 2. The molecule has 0 aromatic heterocycles. The minimum absolute atomic E-state index is 0.0351. The third kappa shape index (κ3) is 5.00. The Morgan fingerprint density at radius 2 is 1.83 bits per heavy atom. The molecule has 2 amide bonds. The molecule has 150 valence electrons. The van der Waals surface area contributed by atoms with Crippen LogP contribution in [0.2, 0.25) is 5.02 Å². The second kappa shape index (κ2) is 8.87. The van der Waals surface area contributed by atoms with Gasteiger partial charge in [0.25, 0.3) is 5.91 Å². The summed E-state index contributed by atoms with van der Waals surface area (Å²) in [5.74, 6) is -2.72. The van der Waals surface area contributed by atoms with Crippen molar-refractivity contribution in [1.82, 2.24) is 10.4 Å². The molecule has 0 unspecified atom stereocenters. The van der Waals surface area contributed by atoms with E-state index in [1.165, 1.54) is 6.07 Å². The molecule has 1 aliphatic heterocycles. The summed E-state index contributed by atoms with van der Waals surface area (Å²) >= 11 is 5.98. The molecule has 8 heteroatoms. The number of carbonyl (C=O) groups is 4. The van der Waals surface area contributed by atoms with Gasteiger partial charge in [-0.3, -0.25) is 29.6 Å². The summed E-state index contributed by atoms with van der Waals surface area (Å²) < 4.78 is 5.08. The van der Waals surface area contributed by atoms with E-state index in [9.17, 15) is 19.2 Å². The summed E-state index contributed by atoms with van der Waals surface area (Å²) in [5, 5.41) is 1.32. The van der Waals surface area contributed by atoms with Gasteiger partial charge >= 0.3 is 5.97 Å². The molecule has 0 spiro atoms. The van der Waals surface area contributed by atoms with Crippen LogP contribution in [0.1, 0.15) is 32.7 Å². The van der Waals surface area contributed by atoms with Crippen molar-refractivity contribution in [3.05, 3.63) is 70.2 Å². The van der Waals surface area contributed by atoms with E-state index >= 15 is 0 Å². The summed E-state index contributed by atoms with van der Waals surface area (Å²) in [4.78, 5) is 48.8. The van der Waals surface area contributed by atoms with E-state index in [0.29, 0.717) is 5.56 Å². The number of nitrogens with zero attached hydrogens (tertiary/aromatic N) is 1. The van der Waals surface area contributed by atoms with Gasteiger partial charge in [0.15, 0.2) is 12.4 Å². The van der Waals surface area contributed by atoms with Crippen molar-refractivity contribution in [2.24, 2.45) is 5.92 Å². The van der Waals surface area contributed by atoms with Crippen LogP contribution < -0.4 is 5.43 Å². The highest BCUT2D eigenvalue weighted by atomic mass is 35.5. The number of aryl methyl sites for hydroxylation is 1. The molecular formula is C21H19ClN2O5. The minimum Gasteiger partial charge on any atom is -0.457 e. The summed E-state index contributed by atoms with van der Waals surface area (Å²) in [6.45, 7) is 1.47. The zero-order chi connectivity index (χ0) is 21.0. The summed E-state index contributed by atoms with van der Waals surface area (Å²) in [6.07, 6.45) is -0.111. The average Bonchev–Trinajstić information content (AvgIpc) is 3.07. The van der Waals surface area contributed by atoms with Crippen molar-refractivity contribution in [3.8, 4) is 0 Å². The standard InChI is InChI=1S/C21H19ClN2O5/c1-13-6-8-14(9-7-13)18(25)12-29-21(28)15-10-19(26)24(11-15)23-20(27)16-4-2-3-5-17(16)22/h2-9,15H,10-12H2,1H3,(H,23,27)/t15-/m1/s1. The smallest absolute Gasteiger partial charge is 0.311 e. The van der Waals surface area contributed by atoms with Gasteiger partial charge < -0.3 is 4.74 Å². The van der Waals surface area contributed by atoms with Crippen LogP contribution in [0.4, 0.5) is 0 Å². The van der Waals surface area contributed by atoms with E-state index in [2.05, 4.69) is 5.43 Å². The first-order chi connectivity index (χ1) is 13.8. The van der Waals surface area contributed by atoms with E-state index in [-0.39, 0.29) is 29.3 Å². The second-order valence-corrected chi connectivity index (χ2v) is 7.13. The van der Waals surface area contributed by atoms with E-state index < -0.39 is 30.3 Å². The lowest BCUT2D eigenvalue weighted by atomic mass is 10.1. The average molecular weight is 415 g/mol. The highest BCUT2D eigenvalue weighted by Gasteiger charge is 2.37. The number of hydrogen-bond acceptors (Lipinski definition) is 5. The zero-order valence-electron chi connectivity index (χ0n) is 15.7. The number of benzene rings is 2. The molecule has 1 aliphatic rings. The van der Waals surface area contributed by atoms with Crippen molar-refractivity contribution in [1.29, 1.82) is 0 Å². The highest BCUT2D eigenvalue weighted by molar-refractivity contribution is 6.33. The molecule has 2 aromatic rings. The predicted molar refractivity (Wildman–Crippen MR) is 105 cm³/mol. The molecule has 1 saturated heterocycles. The van der Waals surface area contributed by atoms with Gasteiger partial charge in [0, 0.05) is 12.0 Å². The number of ketones is 1. The molecule has 3 rings (SSSR count). The van der Waals surface area contributed by atoms with Gasteiger partial charge in [0.2, 0.25) is 5.91 Å². The van der Waals surface area contributed by atoms with E-state index in [1.54, 1.807) is 42.5 Å². The fraction of sp³-hybridized carbons (Fsp3) is 0.238. The van der Waals surface area contributed by atoms with Gasteiger partial charge in [-0.05, 0) is 19.1 Å². The topological polar surface area (TPSA) is 92.8 Å². The van der Waals surface area contributed by atoms with Gasteiger partial charge in [-0.25, -0.2) is 0 Å². The molecule has 1 N–H and O–H groups in total. The number of hydrogen-bond donors (Lipinski definition) is 1. The van der Waals surface area contributed by atoms with Gasteiger partial charge in [-0.15, -0.1) is 0 Å². The van der Waals surface area contributed by atoms with Crippen molar-refractivity contribution < 1.29 is 23.9 Å². The molecule has 29 heavy (non-hydrogen) atoms. The maximum absolute atomic E-state index is 12.3. The number of Topliss-reactive ketones (excluding diaryl/α,β-unsaturated/α-hetero) is 1. The van der Waals surface area contributed by atoms with Crippen LogP contribution in [-0.4, -0.2) is 41.7 Å². The Labute approximate surface area is 172 Å². The lowest BCUT2D eigenvalue weighted by molar-refractivity contribution is -0.147. The van der Waals surface area contributed by atoms with Crippen molar-refractivity contribution >= 4 is 35.2 Å². The Bertz CT molecular complexity index is 958. The lowest BCUT2D eigenvalue weighted by Crippen LogP contribution is -2.43. The SMILES string of the molecule is Cc1ccc(C(=O)COC(=O)[C@@H]2CC(=O)N(NC(=O)c3ccccc3Cl)C2)cc1. The maximum Gasteiger partial charge on any atom is 0.311 e. The Balaban J connectivity index is 1.53. The predicted octanol–water partition coefficient (Wildman–Crippen LogP) is 2.57. The maximum atomic E-state index is 12.3. The Hall–Kier alpha value is -3.19. The third-order valence-corrected chi connectivity index (χ3v) is 4.86. The first-order valence-corrected chi connectivity index (χ1v) is 9.35. The minimum atomic E-state index is -0.764. The summed E-state index contributed by atoms with van der Waals surface area (Å²) in [5.41, 5.74) is 4.13. The quantitative estimate of drug-likeness (QED) is 0.579. The third-order valence-electron chi connectivity index (χ3n) is 4.53. The largest absolute Gasteiger partial charge is 0.457 e. The van der Waals surface area contributed by atoms with Crippen LogP contribution in [-0.2, 0) is 14.3 Å². The molecule has 1 fully saturated rings. The molecule has 0 aliphatic carbocycles. The zero-order valence-corrected chi connectivity index (χ0v) is 16.4. The van der Waals surface area contributed by atoms with Gasteiger partial charge in [0.1, 0.15) is 0 Å². The molecule has 1 atom stereocenters. The van der Waals surface area contributed by atoms with E-state index in [4.69, 9.17) is 16.3 Å². The highest BCUT2D eigenvalue weighted by Crippen LogP contribution is 2.20. The Morgan fingerprint density at radius 1 is 1.14 bits per heavy atom. The summed E-state index contributed by atoms with van der Waals surface area (Å²) in [7, 11) is 0. The van der Waals surface area contributed by atoms with Crippen LogP contribution in [0.25, 0.3) is 0 Å². The van der Waals surface area contributed by atoms with Gasteiger partial charge in [-0.1, -0.05) is 53.6 Å². The second-order valence-electron chi connectivity index (χ2n) is 6.72. The molecular weight excluding hydrogens is 396 g/mol. The fourth-order valence-corrected chi connectivity index (χ4v) is 3.10.